The smallest absolute Gasteiger partial charge is 0.235 e. The summed E-state index contributed by atoms with van der Waals surface area (Å²) in [6, 6.07) is 176. The van der Waals surface area contributed by atoms with Gasteiger partial charge in [-0.1, -0.05) is 376 Å². The van der Waals surface area contributed by atoms with E-state index in [1.165, 1.54) is 145 Å². The number of fused-ring (bicyclic) bond motifs is 28. The van der Waals surface area contributed by atoms with E-state index in [1.807, 2.05) is 90.2 Å². The van der Waals surface area contributed by atoms with Gasteiger partial charge >= 0.3 is 0 Å². The van der Waals surface area contributed by atoms with Crippen molar-refractivity contribution in [2.45, 2.75) is 0 Å². The van der Waals surface area contributed by atoms with Gasteiger partial charge in [0.25, 0.3) is 0 Å². The normalized spacial score (nSPS) is 11.8. The van der Waals surface area contributed by atoms with Crippen molar-refractivity contribution in [2.24, 2.45) is 0 Å². The third kappa shape index (κ3) is 13.5. The van der Waals surface area contributed by atoms with Crippen LogP contribution in [0.25, 0.3) is 280 Å². The molecule has 0 bridgehead atoms. The maximum atomic E-state index is 5.31. The van der Waals surface area contributed by atoms with Crippen LogP contribution >= 0.6 is 11.3 Å². The van der Waals surface area contributed by atoms with Crippen molar-refractivity contribution in [1.29, 1.82) is 0 Å². The van der Waals surface area contributed by atoms with Gasteiger partial charge in [-0.2, -0.15) is 0 Å². The van der Waals surface area contributed by atoms with E-state index in [1.54, 1.807) is 0 Å². The lowest BCUT2D eigenvalue weighted by Gasteiger charge is -2.13. The summed E-state index contributed by atoms with van der Waals surface area (Å²) in [5.74, 6) is 3.31. The monoisotopic (exact) mass is 1880 g/mol. The van der Waals surface area contributed by atoms with Crippen LogP contribution in [0.3, 0.4) is 0 Å². The van der Waals surface area contributed by atoms with E-state index >= 15 is 0 Å². The van der Waals surface area contributed by atoms with Crippen LogP contribution in [0.5, 0.6) is 0 Å². The van der Waals surface area contributed by atoms with E-state index < -0.39 is 0 Å². The number of nitrogens with zero attached hydrogens (tertiary/aromatic N) is 12. The van der Waals surface area contributed by atoms with Crippen molar-refractivity contribution in [3.05, 3.63) is 497 Å². The Morgan fingerprint density at radius 2 is 0.555 bits per heavy atom. The van der Waals surface area contributed by atoms with Gasteiger partial charge in [-0.25, -0.2) is 34.9 Å². The van der Waals surface area contributed by atoms with Crippen LogP contribution in [0, 0.1) is 0 Å². The highest BCUT2D eigenvalue weighted by Gasteiger charge is 2.29. The molecule has 0 radical (unpaired) electrons. The lowest BCUT2D eigenvalue weighted by Crippen LogP contribution is -2.03. The summed E-state index contributed by atoms with van der Waals surface area (Å²) in [7, 11) is 0. The molecule has 22 aromatic carbocycles. The van der Waals surface area contributed by atoms with Crippen molar-refractivity contribution < 1.29 is 0 Å². The lowest BCUT2D eigenvalue weighted by molar-refractivity contribution is 1.01. The quantitative estimate of drug-likeness (QED) is 0.127. The molecule has 680 valence electrons. The molecule has 0 unspecified atom stereocenters. The summed E-state index contributed by atoms with van der Waals surface area (Å²) in [6.45, 7) is 0. The van der Waals surface area contributed by atoms with Gasteiger partial charge in [-0.15, -0.1) is 11.3 Å². The summed E-state index contributed by atoms with van der Waals surface area (Å²) in [6.07, 6.45) is 0. The first kappa shape index (κ1) is 83.5. The van der Waals surface area contributed by atoms with Gasteiger partial charge in [-0.3, -0.25) is 9.13 Å². The molecular weight excluding hydrogens is 1800 g/mol. The van der Waals surface area contributed by atoms with E-state index in [4.69, 9.17) is 34.9 Å². The number of thiophene rings is 1. The number of aromatic nitrogens is 12. The largest absolute Gasteiger partial charge is 0.309 e. The van der Waals surface area contributed by atoms with Gasteiger partial charge in [0, 0.05) is 125 Å². The molecule has 0 atom stereocenters. The zero-order chi connectivity index (χ0) is 96.0. The highest BCUT2D eigenvalue weighted by molar-refractivity contribution is 7.27. The highest BCUT2D eigenvalue weighted by atomic mass is 32.1. The molecule has 12 nitrogen and oxygen atoms in total. The first-order valence-corrected chi connectivity index (χ1v) is 50.1. The van der Waals surface area contributed by atoms with Crippen molar-refractivity contribution in [1.82, 2.24) is 57.7 Å². The van der Waals surface area contributed by atoms with E-state index in [0.717, 1.165) is 105 Å². The summed E-state index contributed by atoms with van der Waals surface area (Å²) in [5, 5.41) is 24.2. The predicted molar refractivity (Wildman–Crippen MR) is 609 cm³/mol. The Morgan fingerprint density at radius 1 is 0.171 bits per heavy atom. The molecule has 146 heavy (non-hydrogen) atoms. The third-order valence-corrected chi connectivity index (χ3v) is 30.2. The maximum Gasteiger partial charge on any atom is 0.235 e. The molecule has 31 rings (SSSR count). The first-order valence-electron chi connectivity index (χ1n) is 49.3. The third-order valence-electron chi connectivity index (χ3n) is 29.1. The van der Waals surface area contributed by atoms with E-state index in [0.29, 0.717) is 29.4 Å². The fourth-order valence-electron chi connectivity index (χ4n) is 22.7. The van der Waals surface area contributed by atoms with Crippen LogP contribution in [0.2, 0.25) is 0 Å². The number of hydrogen-bond donors (Lipinski definition) is 0. The van der Waals surface area contributed by atoms with Crippen molar-refractivity contribution in [2.75, 3.05) is 0 Å². The minimum absolute atomic E-state index is 0.648. The van der Waals surface area contributed by atoms with Gasteiger partial charge in [0.05, 0.1) is 82.3 Å². The molecule has 0 saturated carbocycles. The molecule has 0 N–H and O–H groups in total. The second-order valence-corrected chi connectivity index (χ2v) is 38.3. The second-order valence-electron chi connectivity index (χ2n) is 37.2. The van der Waals surface area contributed by atoms with E-state index in [-0.39, 0.29) is 0 Å². The first-order chi connectivity index (χ1) is 72.5. The maximum absolute atomic E-state index is 5.31. The Labute approximate surface area is 840 Å². The highest BCUT2D eigenvalue weighted by Crippen LogP contribution is 2.51. The van der Waals surface area contributed by atoms with Gasteiger partial charge in [0.1, 0.15) is 0 Å². The fraction of sp³-hybridized carbons (Fsp3) is 0. The molecule has 0 saturated heterocycles. The molecule has 9 aromatic heterocycles. The van der Waals surface area contributed by atoms with Crippen LogP contribution in [-0.4, -0.2) is 57.7 Å². The zero-order valence-electron chi connectivity index (χ0n) is 78.6. The Hall–Kier alpha value is -19.5. The number of benzene rings is 22. The Kier molecular flexibility index (Phi) is 19.6. The van der Waals surface area contributed by atoms with Crippen LogP contribution in [-0.2, 0) is 0 Å². The molecule has 0 spiro atoms. The Morgan fingerprint density at radius 3 is 1.12 bits per heavy atom. The van der Waals surface area contributed by atoms with Crippen LogP contribution in [0.15, 0.2) is 497 Å². The van der Waals surface area contributed by atoms with Crippen molar-refractivity contribution in [3.8, 4) is 96.8 Å². The van der Waals surface area contributed by atoms with Crippen LogP contribution < -0.4 is 0 Å². The predicted octanol–water partition coefficient (Wildman–Crippen LogP) is 34.4. The van der Waals surface area contributed by atoms with Gasteiger partial charge < -0.3 is 13.7 Å². The molecule has 0 amide bonds. The van der Waals surface area contributed by atoms with Crippen LogP contribution in [0.4, 0.5) is 0 Å². The summed E-state index contributed by atoms with van der Waals surface area (Å²) in [4.78, 5) is 36.1. The molecule has 9 heterocycles. The topological polar surface area (TPSA) is 115 Å². The van der Waals surface area contributed by atoms with Gasteiger partial charge in [0.15, 0.2) is 17.5 Å². The number of para-hydroxylation sites is 8. The Bertz CT molecular complexity index is 10700. The van der Waals surface area contributed by atoms with Gasteiger partial charge in [0.2, 0.25) is 11.9 Å². The Balaban J connectivity index is 0.000000105. The van der Waals surface area contributed by atoms with Crippen molar-refractivity contribution in [3.63, 3.8) is 0 Å². The molecule has 13 heteroatoms. The average molecular weight is 1880 g/mol. The van der Waals surface area contributed by atoms with Gasteiger partial charge in [-0.05, 0) is 165 Å². The number of rotatable bonds is 11. The summed E-state index contributed by atoms with van der Waals surface area (Å²) >= 11 is 1.86. The molecule has 0 aliphatic heterocycles. The van der Waals surface area contributed by atoms with E-state index in [9.17, 15) is 0 Å². The average Bonchev–Trinajstić information content (AvgIpc) is 1.51. The SMILES string of the molecule is c1ccc(-c2nc(-c3ccccc3)nc(-c3cccc4cc(-n5c6ccccc6c6c7c8ccccc8n(-c8ccccc8)c7ccc65)ccc34)n2)cc1.c1ccc(-c2nc(-n3c4ccc(-c5ccc6c(c5)c5ccccc5n6-c5ccccc5)cc4c4c5ccccc5ccc43)nc3ccccc23)cc1.c1ccc(-c2nc(-n3c4ccccc4c4c5ccccc5c5c6ccccc6sc5c43)nc3ccccc23)cc1. The second kappa shape index (κ2) is 34.2. The van der Waals surface area contributed by atoms with Crippen molar-refractivity contribution >= 4 is 195 Å². The standard InChI is InChI=1S/C49H31N5.C48H30N4.C36H21N3S/c1-4-15-32(16-5-1)47-50-48(33-17-6-2-7-18-33)52-49(51-47)38-24-14-19-34-31-36(27-28-37(34)38)54-42-26-13-11-23-40(42)46-44(54)30-29-43-45(46)39-22-10-12-25-41(39)53(43)35-20-8-3-9-21-35;1-3-14-32(15-4-1)47-38-20-9-11-21-41(38)49-48(50-47)52-44-27-25-34(30-40(44)46-36-18-8-7-13-31(36)23-28-45(46)52)33-24-26-43-39(29-33)37-19-10-12-22-42(37)51(43)35-16-5-2-6-17-35;1-2-12-22(13-3-1)33-25-16-6-9-19-28(25)37-36(38-33)39-29-20-10-7-17-26(29)31-23-14-4-5-15-24(23)32-27-18-8-11-21-30(27)40-35(32)34(31)39/h1-31H;1-30H;1-21H. The number of hydrogen-bond acceptors (Lipinski definition) is 8. The minimum Gasteiger partial charge on any atom is -0.309 e. The lowest BCUT2D eigenvalue weighted by atomic mass is 9.99. The molecule has 31 aromatic rings. The molecule has 0 fully saturated rings. The molecular formula is C133H82N12S. The summed E-state index contributed by atoms with van der Waals surface area (Å²) in [5.41, 5.74) is 26.1. The fourth-order valence-corrected chi connectivity index (χ4v) is 23.9. The van der Waals surface area contributed by atoms with E-state index in [2.05, 4.69) is 441 Å². The van der Waals surface area contributed by atoms with Crippen LogP contribution in [0.1, 0.15) is 0 Å². The minimum atomic E-state index is 0.648. The molecule has 0 aliphatic carbocycles. The molecule has 0 aliphatic rings. The zero-order valence-corrected chi connectivity index (χ0v) is 79.4. The summed E-state index contributed by atoms with van der Waals surface area (Å²) < 4.78 is 14.3.